The number of benzene rings is 1. The van der Waals surface area contributed by atoms with Gasteiger partial charge in [-0.05, 0) is 28.1 Å². The number of nitrogens with two attached hydrogens (primary N) is 1. The third-order valence-corrected chi connectivity index (χ3v) is 4.06. The summed E-state index contributed by atoms with van der Waals surface area (Å²) in [4.78, 5) is 8.94. The van der Waals surface area contributed by atoms with Crippen molar-refractivity contribution in [1.29, 1.82) is 0 Å². The third-order valence-electron chi connectivity index (χ3n) is 3.43. The van der Waals surface area contributed by atoms with E-state index in [4.69, 9.17) is 10.8 Å². The van der Waals surface area contributed by atoms with Gasteiger partial charge in [-0.2, -0.15) is 5.10 Å². The smallest absolute Gasteiger partial charge is 0.138 e. The molecule has 0 bridgehead atoms. The first-order valence-electron chi connectivity index (χ1n) is 6.53. The predicted octanol–water partition coefficient (Wildman–Crippen LogP) is 1.87. The van der Waals surface area contributed by atoms with Crippen molar-refractivity contribution in [3.8, 4) is 0 Å². The molecule has 0 radical (unpaired) electrons. The minimum absolute atomic E-state index is 0.146. The van der Waals surface area contributed by atoms with Gasteiger partial charge in [0.25, 0.3) is 0 Å². The Morgan fingerprint density at radius 1 is 1.38 bits per heavy atom. The second kappa shape index (κ2) is 5.88. The van der Waals surface area contributed by atoms with E-state index >= 15 is 0 Å². The summed E-state index contributed by atoms with van der Waals surface area (Å²) in [5.74, 6) is 6.56. The van der Waals surface area contributed by atoms with E-state index in [1.165, 1.54) is 6.33 Å². The molecule has 0 spiro atoms. The number of hydrogen-bond donors (Lipinski definition) is 2. The molecule has 2 aromatic heterocycles. The van der Waals surface area contributed by atoms with Crippen LogP contribution in [0.25, 0.3) is 10.9 Å². The summed E-state index contributed by atoms with van der Waals surface area (Å²) >= 11 is 3.58. The van der Waals surface area contributed by atoms with Gasteiger partial charge in [-0.25, -0.2) is 9.97 Å². The largest absolute Gasteiger partial charge is 0.271 e. The lowest BCUT2D eigenvalue weighted by atomic mass is 10.1. The topological polar surface area (TPSA) is 81.7 Å². The molecule has 0 aliphatic heterocycles. The Bertz CT molecular complexity index is 769. The number of nitrogens with zero attached hydrogens (tertiary/aromatic N) is 4. The number of fused-ring (bicyclic) bond motifs is 1. The number of rotatable bonds is 4. The summed E-state index contributed by atoms with van der Waals surface area (Å²) < 4.78 is 2.66. The number of para-hydroxylation sites is 1. The van der Waals surface area contributed by atoms with Gasteiger partial charge < -0.3 is 0 Å². The quantitative estimate of drug-likeness (QED) is 0.556. The lowest BCUT2D eigenvalue weighted by molar-refractivity contribution is 0.511. The van der Waals surface area contributed by atoms with Crippen molar-refractivity contribution < 1.29 is 0 Å². The SMILES string of the molecule is Cn1ncnc1CC(NN)c1nc2ccccc2cc1Br. The molecule has 0 fully saturated rings. The number of aromatic nitrogens is 4. The van der Waals surface area contributed by atoms with Crippen LogP contribution in [0.4, 0.5) is 0 Å². The molecule has 3 N–H and O–H groups in total. The zero-order valence-electron chi connectivity index (χ0n) is 11.5. The van der Waals surface area contributed by atoms with Gasteiger partial charge in [0.15, 0.2) is 0 Å². The van der Waals surface area contributed by atoms with Crippen molar-refractivity contribution in [2.75, 3.05) is 0 Å². The van der Waals surface area contributed by atoms with Crippen LogP contribution in [0.15, 0.2) is 41.1 Å². The van der Waals surface area contributed by atoms with Crippen LogP contribution < -0.4 is 11.3 Å². The molecule has 0 aliphatic carbocycles. The van der Waals surface area contributed by atoms with Crippen LogP contribution >= 0.6 is 15.9 Å². The second-order valence-corrected chi connectivity index (χ2v) is 5.63. The van der Waals surface area contributed by atoms with E-state index < -0.39 is 0 Å². The van der Waals surface area contributed by atoms with Crippen molar-refractivity contribution in [1.82, 2.24) is 25.2 Å². The van der Waals surface area contributed by atoms with Crippen molar-refractivity contribution in [3.63, 3.8) is 0 Å². The highest BCUT2D eigenvalue weighted by Crippen LogP contribution is 2.27. The van der Waals surface area contributed by atoms with E-state index in [9.17, 15) is 0 Å². The molecule has 21 heavy (non-hydrogen) atoms. The Morgan fingerprint density at radius 3 is 2.90 bits per heavy atom. The first-order valence-corrected chi connectivity index (χ1v) is 7.32. The van der Waals surface area contributed by atoms with Gasteiger partial charge in [0, 0.05) is 23.3 Å². The minimum Gasteiger partial charge on any atom is -0.271 e. The Balaban J connectivity index is 2.00. The van der Waals surface area contributed by atoms with E-state index in [-0.39, 0.29) is 6.04 Å². The molecule has 0 aliphatic rings. The van der Waals surface area contributed by atoms with Gasteiger partial charge in [0.1, 0.15) is 12.2 Å². The monoisotopic (exact) mass is 346 g/mol. The minimum atomic E-state index is -0.146. The highest BCUT2D eigenvalue weighted by atomic mass is 79.9. The van der Waals surface area contributed by atoms with Gasteiger partial charge in [-0.1, -0.05) is 18.2 Å². The molecule has 3 aromatic rings. The van der Waals surface area contributed by atoms with E-state index in [1.54, 1.807) is 4.68 Å². The van der Waals surface area contributed by atoms with E-state index in [1.807, 2.05) is 31.3 Å². The zero-order chi connectivity index (χ0) is 14.8. The van der Waals surface area contributed by atoms with Crippen LogP contribution in [0.5, 0.6) is 0 Å². The van der Waals surface area contributed by atoms with Gasteiger partial charge in [-0.15, -0.1) is 0 Å². The standard InChI is InChI=1S/C14H15BrN6/c1-21-13(17-8-18-21)7-12(20-16)14-10(15)6-9-4-2-3-5-11(9)19-14/h2-6,8,12,20H,7,16H2,1H3. The molecule has 6 nitrogen and oxygen atoms in total. The molecule has 1 atom stereocenters. The number of halogens is 1. The zero-order valence-corrected chi connectivity index (χ0v) is 13.1. The predicted molar refractivity (Wildman–Crippen MR) is 84.2 cm³/mol. The number of hydrazine groups is 1. The molecule has 1 aromatic carbocycles. The number of hydrogen-bond acceptors (Lipinski definition) is 5. The Morgan fingerprint density at radius 2 is 2.19 bits per heavy atom. The van der Waals surface area contributed by atoms with Crippen molar-refractivity contribution in [2.45, 2.75) is 12.5 Å². The molecule has 108 valence electrons. The average molecular weight is 347 g/mol. The summed E-state index contributed by atoms with van der Waals surface area (Å²) in [5.41, 5.74) is 4.61. The van der Waals surface area contributed by atoms with Crippen LogP contribution in [0.2, 0.25) is 0 Å². The fourth-order valence-electron chi connectivity index (χ4n) is 2.27. The first kappa shape index (κ1) is 14.1. The van der Waals surface area contributed by atoms with Crippen LogP contribution in [0, 0.1) is 0 Å². The molecule has 2 heterocycles. The summed E-state index contributed by atoms with van der Waals surface area (Å²) in [5, 5.41) is 5.16. The molecular weight excluding hydrogens is 332 g/mol. The molecule has 0 saturated heterocycles. The molecular formula is C14H15BrN6. The molecule has 0 amide bonds. The number of nitrogens with one attached hydrogen (secondary N) is 1. The van der Waals surface area contributed by atoms with E-state index in [0.717, 1.165) is 26.9 Å². The third kappa shape index (κ3) is 2.80. The lowest BCUT2D eigenvalue weighted by Gasteiger charge is -2.17. The molecule has 7 heteroatoms. The van der Waals surface area contributed by atoms with Crippen LogP contribution in [-0.2, 0) is 13.5 Å². The Labute approximate surface area is 130 Å². The number of pyridine rings is 1. The normalized spacial score (nSPS) is 12.7. The fraction of sp³-hybridized carbons (Fsp3) is 0.214. The maximum Gasteiger partial charge on any atom is 0.138 e. The maximum absolute atomic E-state index is 5.72. The highest BCUT2D eigenvalue weighted by Gasteiger charge is 2.18. The number of aryl methyl sites for hydroxylation is 1. The van der Waals surface area contributed by atoms with Gasteiger partial charge in [-0.3, -0.25) is 16.0 Å². The highest BCUT2D eigenvalue weighted by molar-refractivity contribution is 9.10. The molecule has 3 rings (SSSR count). The summed E-state index contributed by atoms with van der Waals surface area (Å²) in [6.07, 6.45) is 2.14. The van der Waals surface area contributed by atoms with Gasteiger partial charge in [0.2, 0.25) is 0 Å². The van der Waals surface area contributed by atoms with E-state index in [2.05, 4.69) is 37.5 Å². The van der Waals surface area contributed by atoms with Gasteiger partial charge >= 0.3 is 0 Å². The molecule has 0 saturated carbocycles. The Hall–Kier alpha value is -1.83. The first-order chi connectivity index (χ1) is 10.2. The average Bonchev–Trinajstić information content (AvgIpc) is 2.89. The maximum atomic E-state index is 5.72. The van der Waals surface area contributed by atoms with E-state index in [0.29, 0.717) is 6.42 Å². The Kier molecular flexibility index (Phi) is 3.96. The molecule has 1 unspecified atom stereocenters. The van der Waals surface area contributed by atoms with Crippen LogP contribution in [0.3, 0.4) is 0 Å². The summed E-state index contributed by atoms with van der Waals surface area (Å²) in [7, 11) is 1.86. The second-order valence-electron chi connectivity index (χ2n) is 4.77. The fourth-order valence-corrected chi connectivity index (χ4v) is 2.88. The van der Waals surface area contributed by atoms with Crippen molar-refractivity contribution >= 4 is 26.8 Å². The summed E-state index contributed by atoms with van der Waals surface area (Å²) in [6.45, 7) is 0. The van der Waals surface area contributed by atoms with Crippen LogP contribution in [0.1, 0.15) is 17.6 Å². The van der Waals surface area contributed by atoms with Gasteiger partial charge in [0.05, 0.1) is 17.3 Å². The van der Waals surface area contributed by atoms with Crippen LogP contribution in [-0.4, -0.2) is 19.7 Å². The summed E-state index contributed by atoms with van der Waals surface area (Å²) in [6, 6.07) is 9.89. The lowest BCUT2D eigenvalue weighted by Crippen LogP contribution is -2.31. The van der Waals surface area contributed by atoms with Crippen molar-refractivity contribution in [2.24, 2.45) is 12.9 Å². The van der Waals surface area contributed by atoms with Crippen molar-refractivity contribution in [3.05, 3.63) is 52.7 Å².